The van der Waals surface area contributed by atoms with Gasteiger partial charge in [-0.25, -0.2) is 0 Å². The van der Waals surface area contributed by atoms with Crippen molar-refractivity contribution in [3.05, 3.63) is 0 Å². The first-order chi connectivity index (χ1) is 8.76. The molecule has 0 aromatic heterocycles. The van der Waals surface area contributed by atoms with Crippen molar-refractivity contribution in [2.45, 2.75) is 62.6 Å². The monoisotopic (exact) mass is 250 g/mol. The lowest BCUT2D eigenvalue weighted by Gasteiger charge is -2.60. The third-order valence-corrected chi connectivity index (χ3v) is 6.00. The first-order valence-electron chi connectivity index (χ1n) is 7.97. The van der Waals surface area contributed by atoms with Crippen LogP contribution in [0.2, 0.25) is 0 Å². The Hall–Kier alpha value is -0.120. The molecule has 3 heteroatoms. The predicted octanol–water partition coefficient (Wildman–Crippen LogP) is 1.46. The first-order valence-corrected chi connectivity index (χ1v) is 7.97. The summed E-state index contributed by atoms with van der Waals surface area (Å²) in [6.07, 6.45) is 9.08. The van der Waals surface area contributed by atoms with Crippen LogP contribution >= 0.6 is 0 Å². The largest absolute Gasteiger partial charge is 0.387 e. The summed E-state index contributed by atoms with van der Waals surface area (Å²) in [5, 5.41) is 11.2. The van der Waals surface area contributed by atoms with Crippen LogP contribution in [0.1, 0.15) is 44.9 Å². The molecule has 18 heavy (non-hydrogen) atoms. The molecule has 4 fully saturated rings. The molecule has 1 N–H and O–H groups in total. The standard InChI is InChI=1S/C15H26N2O/c18-15-9-12(10-16-7-4-2-6-14(15)16)13-5-1-3-8-17(13)11-15/h12-14,18H,1-11H2/t12-,13+,14-,15-/m1/s1. The molecular weight excluding hydrogens is 224 g/mol. The van der Waals surface area contributed by atoms with Crippen LogP contribution in [0.3, 0.4) is 0 Å². The van der Waals surface area contributed by atoms with Crippen LogP contribution in [0.5, 0.6) is 0 Å². The molecule has 4 aliphatic rings. The number of rotatable bonds is 0. The number of piperidine rings is 4. The maximum Gasteiger partial charge on any atom is 0.0932 e. The fourth-order valence-corrected chi connectivity index (χ4v) is 5.30. The van der Waals surface area contributed by atoms with Gasteiger partial charge in [0.05, 0.1) is 5.60 Å². The van der Waals surface area contributed by atoms with E-state index >= 15 is 0 Å². The molecular formula is C15H26N2O. The molecule has 0 spiro atoms. The van der Waals surface area contributed by atoms with Crippen molar-refractivity contribution in [1.82, 2.24) is 9.80 Å². The fraction of sp³-hybridized carbons (Fsp3) is 1.00. The summed E-state index contributed by atoms with van der Waals surface area (Å²) in [6, 6.07) is 1.24. The van der Waals surface area contributed by atoms with Gasteiger partial charge in [0.15, 0.2) is 0 Å². The maximum atomic E-state index is 11.2. The molecule has 3 nitrogen and oxygen atoms in total. The van der Waals surface area contributed by atoms with Gasteiger partial charge in [0, 0.05) is 25.2 Å². The zero-order valence-electron chi connectivity index (χ0n) is 11.4. The summed E-state index contributed by atoms with van der Waals surface area (Å²) in [5.74, 6) is 0.735. The highest BCUT2D eigenvalue weighted by Gasteiger charge is 2.54. The van der Waals surface area contributed by atoms with Crippen molar-refractivity contribution in [1.29, 1.82) is 0 Å². The zero-order valence-corrected chi connectivity index (χ0v) is 11.4. The minimum atomic E-state index is -0.392. The summed E-state index contributed by atoms with van der Waals surface area (Å²) in [7, 11) is 0. The lowest BCUT2D eigenvalue weighted by Crippen LogP contribution is -2.71. The third-order valence-electron chi connectivity index (χ3n) is 6.00. The van der Waals surface area contributed by atoms with E-state index in [0.29, 0.717) is 6.04 Å². The van der Waals surface area contributed by atoms with Crippen LogP contribution in [0, 0.1) is 5.92 Å². The Bertz CT molecular complexity index is 332. The van der Waals surface area contributed by atoms with Gasteiger partial charge in [0.2, 0.25) is 0 Å². The molecule has 0 amide bonds. The molecule has 4 saturated heterocycles. The Labute approximate surface area is 110 Å². The minimum absolute atomic E-state index is 0.392. The molecule has 4 aliphatic heterocycles. The van der Waals surface area contributed by atoms with E-state index in [2.05, 4.69) is 9.80 Å². The Morgan fingerprint density at radius 2 is 1.72 bits per heavy atom. The van der Waals surface area contributed by atoms with Crippen LogP contribution in [0.4, 0.5) is 0 Å². The summed E-state index contributed by atoms with van der Waals surface area (Å²) in [6.45, 7) is 4.68. The molecule has 0 aromatic carbocycles. The van der Waals surface area contributed by atoms with Crippen molar-refractivity contribution in [2.24, 2.45) is 5.92 Å². The molecule has 4 rings (SSSR count). The van der Waals surface area contributed by atoms with Gasteiger partial charge in [-0.05, 0) is 51.1 Å². The first kappa shape index (κ1) is 11.7. The van der Waals surface area contributed by atoms with Crippen molar-refractivity contribution in [2.75, 3.05) is 26.2 Å². The van der Waals surface area contributed by atoms with Crippen LogP contribution in [-0.2, 0) is 0 Å². The smallest absolute Gasteiger partial charge is 0.0932 e. The second-order valence-corrected chi connectivity index (χ2v) is 7.11. The van der Waals surface area contributed by atoms with Crippen molar-refractivity contribution in [3.8, 4) is 0 Å². The van der Waals surface area contributed by atoms with Gasteiger partial charge in [-0.2, -0.15) is 0 Å². The highest BCUT2D eigenvalue weighted by atomic mass is 16.3. The topological polar surface area (TPSA) is 26.7 Å². The van der Waals surface area contributed by atoms with E-state index in [1.165, 1.54) is 58.2 Å². The number of aliphatic hydroxyl groups is 1. The van der Waals surface area contributed by atoms with E-state index in [-0.39, 0.29) is 0 Å². The number of nitrogens with zero attached hydrogens (tertiary/aromatic N) is 2. The second-order valence-electron chi connectivity index (χ2n) is 7.11. The molecule has 0 radical (unpaired) electrons. The van der Waals surface area contributed by atoms with Gasteiger partial charge in [-0.15, -0.1) is 0 Å². The van der Waals surface area contributed by atoms with E-state index in [4.69, 9.17) is 0 Å². The van der Waals surface area contributed by atoms with Crippen molar-refractivity contribution < 1.29 is 5.11 Å². The third kappa shape index (κ3) is 1.67. The predicted molar refractivity (Wildman–Crippen MR) is 71.5 cm³/mol. The number of hydrogen-bond donors (Lipinski definition) is 1. The Morgan fingerprint density at radius 1 is 0.944 bits per heavy atom. The number of fused-ring (bicyclic) bond motifs is 6. The quantitative estimate of drug-likeness (QED) is 0.705. The van der Waals surface area contributed by atoms with Gasteiger partial charge in [0.1, 0.15) is 0 Å². The van der Waals surface area contributed by atoms with E-state index in [9.17, 15) is 5.11 Å². The highest BCUT2D eigenvalue weighted by molar-refractivity contribution is 5.09. The fourth-order valence-electron chi connectivity index (χ4n) is 5.30. The van der Waals surface area contributed by atoms with Crippen LogP contribution < -0.4 is 0 Å². The van der Waals surface area contributed by atoms with E-state index in [1.54, 1.807) is 0 Å². The average Bonchev–Trinajstić information content (AvgIpc) is 2.38. The molecule has 0 unspecified atom stereocenters. The zero-order chi connectivity index (χ0) is 12.2. The SMILES string of the molecule is O[C@@]12C[C@H](CN3CCCC[C@@H]31)[C@@H]1CCCCN1C2. The Balaban J connectivity index is 1.63. The molecule has 2 bridgehead atoms. The molecule has 0 aromatic rings. The highest BCUT2D eigenvalue weighted by Crippen LogP contribution is 2.44. The Morgan fingerprint density at radius 3 is 2.61 bits per heavy atom. The molecule has 102 valence electrons. The van der Waals surface area contributed by atoms with Gasteiger partial charge in [-0.1, -0.05) is 12.8 Å². The van der Waals surface area contributed by atoms with Crippen LogP contribution in [0.25, 0.3) is 0 Å². The minimum Gasteiger partial charge on any atom is -0.387 e. The van der Waals surface area contributed by atoms with Gasteiger partial charge in [0.25, 0.3) is 0 Å². The molecule has 4 atom stereocenters. The average molecular weight is 250 g/mol. The normalized spacial score (nSPS) is 49.5. The summed E-state index contributed by atoms with van der Waals surface area (Å²) < 4.78 is 0. The lowest BCUT2D eigenvalue weighted by atomic mass is 9.68. The second kappa shape index (κ2) is 4.19. The van der Waals surface area contributed by atoms with E-state index in [1.807, 2.05) is 0 Å². The van der Waals surface area contributed by atoms with Crippen molar-refractivity contribution in [3.63, 3.8) is 0 Å². The van der Waals surface area contributed by atoms with E-state index in [0.717, 1.165) is 24.9 Å². The van der Waals surface area contributed by atoms with Crippen molar-refractivity contribution >= 4 is 0 Å². The number of hydrogen-bond acceptors (Lipinski definition) is 3. The summed E-state index contributed by atoms with van der Waals surface area (Å²) >= 11 is 0. The van der Waals surface area contributed by atoms with E-state index < -0.39 is 5.60 Å². The van der Waals surface area contributed by atoms with Gasteiger partial charge >= 0.3 is 0 Å². The summed E-state index contributed by atoms with van der Waals surface area (Å²) in [5.41, 5.74) is -0.392. The maximum absolute atomic E-state index is 11.2. The van der Waals surface area contributed by atoms with Crippen LogP contribution in [-0.4, -0.2) is 58.8 Å². The molecule has 0 saturated carbocycles. The Kier molecular flexibility index (Phi) is 2.72. The molecule has 0 aliphatic carbocycles. The van der Waals surface area contributed by atoms with Gasteiger partial charge < -0.3 is 5.11 Å². The van der Waals surface area contributed by atoms with Crippen LogP contribution in [0.15, 0.2) is 0 Å². The molecule has 4 heterocycles. The summed E-state index contributed by atoms with van der Waals surface area (Å²) in [4.78, 5) is 5.26. The lowest BCUT2D eigenvalue weighted by molar-refractivity contribution is -0.176. The van der Waals surface area contributed by atoms with Gasteiger partial charge in [-0.3, -0.25) is 9.80 Å².